The zero-order valence-corrected chi connectivity index (χ0v) is 12.5. The minimum absolute atomic E-state index is 0.136. The van der Waals surface area contributed by atoms with Crippen molar-refractivity contribution in [1.82, 2.24) is 34.6 Å². The summed E-state index contributed by atoms with van der Waals surface area (Å²) in [6, 6.07) is 0.514. The monoisotopic (exact) mass is 308 g/mol. The first kappa shape index (κ1) is 14.2. The normalized spacial score (nSPS) is 19.0. The standard InChI is InChI=1S/C12H17ClN8/c1-2-20-5-3-4-9(20)6-15-11-17-10(13)18-12(19-11)21-8-14-7-16-21/h7-9H,2-6H2,1H3,(H,15,17,18,19). The van der Waals surface area contributed by atoms with Crippen molar-refractivity contribution in [3.8, 4) is 5.95 Å². The van der Waals surface area contributed by atoms with Crippen molar-refractivity contribution in [1.29, 1.82) is 0 Å². The Morgan fingerprint density at radius 2 is 2.29 bits per heavy atom. The van der Waals surface area contributed by atoms with E-state index in [9.17, 15) is 0 Å². The van der Waals surface area contributed by atoms with Gasteiger partial charge in [-0.25, -0.2) is 4.98 Å². The van der Waals surface area contributed by atoms with E-state index in [0.717, 1.165) is 19.6 Å². The van der Waals surface area contributed by atoms with Gasteiger partial charge in [-0.3, -0.25) is 4.90 Å². The lowest BCUT2D eigenvalue weighted by Gasteiger charge is -2.22. The van der Waals surface area contributed by atoms with Crippen LogP contribution in [0.5, 0.6) is 0 Å². The van der Waals surface area contributed by atoms with Gasteiger partial charge in [0.1, 0.15) is 12.7 Å². The van der Waals surface area contributed by atoms with Gasteiger partial charge in [-0.1, -0.05) is 6.92 Å². The predicted octanol–water partition coefficient (Wildman–Crippen LogP) is 1.00. The summed E-state index contributed by atoms with van der Waals surface area (Å²) in [5.74, 6) is 0.817. The second kappa shape index (κ2) is 6.31. The molecule has 0 spiro atoms. The van der Waals surface area contributed by atoms with Crippen LogP contribution in [0, 0.1) is 0 Å². The molecule has 1 saturated heterocycles. The summed E-state index contributed by atoms with van der Waals surface area (Å²) in [6.07, 6.45) is 5.37. The minimum atomic E-state index is 0.136. The Morgan fingerprint density at radius 3 is 3.05 bits per heavy atom. The van der Waals surface area contributed by atoms with Crippen molar-refractivity contribution >= 4 is 17.5 Å². The summed E-state index contributed by atoms with van der Waals surface area (Å²) in [5.41, 5.74) is 0. The Bertz CT molecular complexity index is 587. The number of likely N-dealkylation sites (N-methyl/N-ethyl adjacent to an activating group) is 1. The maximum absolute atomic E-state index is 5.94. The van der Waals surface area contributed by atoms with E-state index in [0.29, 0.717) is 17.9 Å². The van der Waals surface area contributed by atoms with Gasteiger partial charge in [0.05, 0.1) is 0 Å². The Labute approximate surface area is 127 Å². The van der Waals surface area contributed by atoms with Gasteiger partial charge in [0.2, 0.25) is 11.2 Å². The highest BCUT2D eigenvalue weighted by Crippen LogP contribution is 2.17. The number of hydrogen-bond acceptors (Lipinski definition) is 7. The minimum Gasteiger partial charge on any atom is -0.352 e. The molecule has 1 fully saturated rings. The van der Waals surface area contributed by atoms with Crippen LogP contribution in [0.15, 0.2) is 12.7 Å². The van der Waals surface area contributed by atoms with Gasteiger partial charge >= 0.3 is 0 Å². The highest BCUT2D eigenvalue weighted by Gasteiger charge is 2.22. The molecule has 3 rings (SSSR count). The second-order valence-electron chi connectivity index (χ2n) is 4.87. The number of nitrogens with one attached hydrogen (secondary N) is 1. The second-order valence-corrected chi connectivity index (χ2v) is 5.21. The Hall–Kier alpha value is -1.80. The molecule has 1 atom stereocenters. The van der Waals surface area contributed by atoms with Gasteiger partial charge in [0.25, 0.3) is 5.95 Å². The topological polar surface area (TPSA) is 84.6 Å². The van der Waals surface area contributed by atoms with Gasteiger partial charge in [0, 0.05) is 12.6 Å². The lowest BCUT2D eigenvalue weighted by Crippen LogP contribution is -2.35. The predicted molar refractivity (Wildman–Crippen MR) is 78.5 cm³/mol. The molecule has 2 aromatic rings. The largest absolute Gasteiger partial charge is 0.352 e. The molecule has 9 heteroatoms. The maximum atomic E-state index is 5.94. The van der Waals surface area contributed by atoms with E-state index in [1.807, 2.05) is 0 Å². The average molecular weight is 309 g/mol. The molecule has 1 unspecified atom stereocenters. The van der Waals surface area contributed by atoms with Crippen molar-refractivity contribution in [3.05, 3.63) is 17.9 Å². The molecule has 0 amide bonds. The van der Waals surface area contributed by atoms with E-state index in [1.54, 1.807) is 0 Å². The SMILES string of the molecule is CCN1CCCC1CNc1nc(Cl)nc(-n2cncn2)n1. The molecule has 112 valence electrons. The van der Waals surface area contributed by atoms with Crippen LogP contribution in [0.2, 0.25) is 5.28 Å². The van der Waals surface area contributed by atoms with E-state index >= 15 is 0 Å². The quantitative estimate of drug-likeness (QED) is 0.882. The first-order valence-electron chi connectivity index (χ1n) is 7.00. The molecule has 3 heterocycles. The first-order chi connectivity index (χ1) is 10.3. The molecule has 21 heavy (non-hydrogen) atoms. The Balaban J connectivity index is 1.71. The van der Waals surface area contributed by atoms with Crippen molar-refractivity contribution < 1.29 is 0 Å². The smallest absolute Gasteiger partial charge is 0.258 e. The third-order valence-corrected chi connectivity index (χ3v) is 3.79. The van der Waals surface area contributed by atoms with Gasteiger partial charge in [-0.2, -0.15) is 24.7 Å². The zero-order valence-electron chi connectivity index (χ0n) is 11.8. The molecule has 0 aromatic carbocycles. The molecule has 1 aliphatic heterocycles. The van der Waals surface area contributed by atoms with Crippen LogP contribution in [0.25, 0.3) is 5.95 Å². The fourth-order valence-corrected chi connectivity index (χ4v) is 2.74. The van der Waals surface area contributed by atoms with Crippen molar-refractivity contribution in [3.63, 3.8) is 0 Å². The molecular formula is C12H17ClN8. The summed E-state index contributed by atoms with van der Waals surface area (Å²) in [7, 11) is 0. The average Bonchev–Trinajstić information content (AvgIpc) is 3.15. The van der Waals surface area contributed by atoms with Crippen LogP contribution in [0.3, 0.4) is 0 Å². The van der Waals surface area contributed by atoms with Crippen LogP contribution < -0.4 is 5.32 Å². The molecular weight excluding hydrogens is 292 g/mol. The van der Waals surface area contributed by atoms with Crippen LogP contribution in [-0.4, -0.2) is 60.3 Å². The summed E-state index contributed by atoms with van der Waals surface area (Å²) in [6.45, 7) is 5.20. The van der Waals surface area contributed by atoms with Crippen molar-refractivity contribution in [2.45, 2.75) is 25.8 Å². The summed E-state index contributed by atoms with van der Waals surface area (Å²) >= 11 is 5.94. The number of likely N-dealkylation sites (tertiary alicyclic amines) is 1. The van der Waals surface area contributed by atoms with E-state index in [2.05, 4.69) is 42.2 Å². The van der Waals surface area contributed by atoms with Crippen molar-refractivity contribution in [2.24, 2.45) is 0 Å². The summed E-state index contributed by atoms with van der Waals surface area (Å²) < 4.78 is 1.45. The van der Waals surface area contributed by atoms with Crippen LogP contribution in [0.1, 0.15) is 19.8 Å². The molecule has 0 saturated carbocycles. The van der Waals surface area contributed by atoms with Gasteiger partial charge < -0.3 is 5.32 Å². The number of aromatic nitrogens is 6. The van der Waals surface area contributed by atoms with Crippen molar-refractivity contribution in [2.75, 3.05) is 25.0 Å². The number of halogens is 1. The van der Waals surface area contributed by atoms with E-state index in [1.165, 1.54) is 30.2 Å². The lowest BCUT2D eigenvalue weighted by molar-refractivity contribution is 0.276. The molecule has 0 bridgehead atoms. The van der Waals surface area contributed by atoms with E-state index < -0.39 is 0 Å². The summed E-state index contributed by atoms with van der Waals surface area (Å²) in [4.78, 5) is 18.8. The molecule has 0 radical (unpaired) electrons. The number of anilines is 1. The molecule has 2 aromatic heterocycles. The fourth-order valence-electron chi connectivity index (χ4n) is 2.58. The third kappa shape index (κ3) is 3.27. The van der Waals surface area contributed by atoms with Crippen LogP contribution in [-0.2, 0) is 0 Å². The molecule has 1 N–H and O–H groups in total. The third-order valence-electron chi connectivity index (χ3n) is 3.62. The zero-order chi connectivity index (χ0) is 14.7. The fraction of sp³-hybridized carbons (Fsp3) is 0.583. The number of rotatable bonds is 5. The summed E-state index contributed by atoms with van der Waals surface area (Å²) in [5, 5.41) is 7.37. The Morgan fingerprint density at radius 1 is 1.38 bits per heavy atom. The van der Waals surface area contributed by atoms with Gasteiger partial charge in [-0.05, 0) is 37.5 Å². The highest BCUT2D eigenvalue weighted by atomic mass is 35.5. The maximum Gasteiger partial charge on any atom is 0.258 e. The molecule has 0 aliphatic carbocycles. The highest BCUT2D eigenvalue weighted by molar-refractivity contribution is 6.28. The molecule has 1 aliphatic rings. The van der Waals surface area contributed by atoms with Gasteiger partial charge in [-0.15, -0.1) is 0 Å². The van der Waals surface area contributed by atoms with Gasteiger partial charge in [0.15, 0.2) is 0 Å². The first-order valence-corrected chi connectivity index (χ1v) is 7.38. The van der Waals surface area contributed by atoms with Crippen LogP contribution in [0.4, 0.5) is 5.95 Å². The molecule has 8 nitrogen and oxygen atoms in total. The van der Waals surface area contributed by atoms with E-state index in [-0.39, 0.29) is 5.28 Å². The number of nitrogens with zero attached hydrogens (tertiary/aromatic N) is 7. The van der Waals surface area contributed by atoms with E-state index in [4.69, 9.17) is 11.6 Å². The Kier molecular flexibility index (Phi) is 4.26. The lowest BCUT2D eigenvalue weighted by atomic mass is 10.2. The number of hydrogen-bond donors (Lipinski definition) is 1. The van der Waals surface area contributed by atoms with Crippen LogP contribution >= 0.6 is 11.6 Å².